The van der Waals surface area contributed by atoms with Crippen LogP contribution in [-0.4, -0.2) is 43.0 Å². The zero-order valence-electron chi connectivity index (χ0n) is 16.2. The second-order valence-corrected chi connectivity index (χ2v) is 6.19. The van der Waals surface area contributed by atoms with Crippen molar-refractivity contribution in [1.29, 1.82) is 0 Å². The van der Waals surface area contributed by atoms with Crippen LogP contribution in [0.1, 0.15) is 28.3 Å². The number of esters is 2. The summed E-state index contributed by atoms with van der Waals surface area (Å²) in [6.07, 6.45) is -0.342. The molecule has 0 spiro atoms. The molecule has 0 unspecified atom stereocenters. The lowest BCUT2D eigenvalue weighted by atomic mass is 9.88. The van der Waals surface area contributed by atoms with Crippen LogP contribution in [-0.2, 0) is 19.1 Å². The molecule has 2 aromatic carbocycles. The van der Waals surface area contributed by atoms with Gasteiger partial charge >= 0.3 is 11.9 Å². The first-order valence-corrected chi connectivity index (χ1v) is 8.72. The molecular formula is C20H19FN2O7. The highest BCUT2D eigenvalue weighted by Gasteiger charge is 2.35. The van der Waals surface area contributed by atoms with Crippen molar-refractivity contribution >= 4 is 23.5 Å². The molecule has 1 amide bonds. The molecule has 0 bridgehead atoms. The van der Waals surface area contributed by atoms with Gasteiger partial charge in [-0.05, 0) is 17.7 Å². The normalized spacial score (nSPS) is 12.4. The van der Waals surface area contributed by atoms with E-state index in [1.165, 1.54) is 42.5 Å². The van der Waals surface area contributed by atoms with Crippen LogP contribution in [0.15, 0.2) is 48.5 Å². The van der Waals surface area contributed by atoms with Crippen LogP contribution >= 0.6 is 0 Å². The summed E-state index contributed by atoms with van der Waals surface area (Å²) in [5, 5.41) is 13.3. The number of carbonyl (C=O) groups excluding carboxylic acids is 3. The lowest BCUT2D eigenvalue weighted by Gasteiger charge is -2.26. The zero-order valence-corrected chi connectivity index (χ0v) is 16.2. The summed E-state index contributed by atoms with van der Waals surface area (Å²) in [5.41, 5.74) is -0.150. The Morgan fingerprint density at radius 2 is 1.70 bits per heavy atom. The van der Waals surface area contributed by atoms with Crippen molar-refractivity contribution in [2.75, 3.05) is 14.2 Å². The van der Waals surface area contributed by atoms with Gasteiger partial charge in [-0.3, -0.25) is 19.7 Å². The molecule has 0 saturated carbocycles. The Hall–Kier alpha value is -3.82. The predicted molar refractivity (Wildman–Crippen MR) is 102 cm³/mol. The first-order valence-electron chi connectivity index (χ1n) is 8.72. The third-order valence-electron chi connectivity index (χ3n) is 4.41. The Morgan fingerprint density at radius 1 is 1.07 bits per heavy atom. The van der Waals surface area contributed by atoms with Crippen LogP contribution in [0.5, 0.6) is 0 Å². The first-order chi connectivity index (χ1) is 14.3. The number of hydrogen-bond donors (Lipinski definition) is 1. The monoisotopic (exact) mass is 418 g/mol. The number of hydrogen-bond acceptors (Lipinski definition) is 7. The van der Waals surface area contributed by atoms with Gasteiger partial charge < -0.3 is 14.8 Å². The molecular weight excluding hydrogens is 399 g/mol. The molecule has 0 radical (unpaired) electrons. The molecule has 0 aliphatic rings. The largest absolute Gasteiger partial charge is 0.469 e. The van der Waals surface area contributed by atoms with E-state index in [-0.39, 0.29) is 17.7 Å². The van der Waals surface area contributed by atoms with Gasteiger partial charge in [0, 0.05) is 18.1 Å². The third kappa shape index (κ3) is 5.37. The summed E-state index contributed by atoms with van der Waals surface area (Å²) >= 11 is 0. The number of nitro benzene ring substituents is 1. The molecule has 158 valence electrons. The van der Waals surface area contributed by atoms with Crippen molar-refractivity contribution in [1.82, 2.24) is 5.32 Å². The van der Waals surface area contributed by atoms with Crippen LogP contribution in [0.3, 0.4) is 0 Å². The Balaban J connectivity index is 2.44. The number of methoxy groups -OCH3 is 2. The highest BCUT2D eigenvalue weighted by Crippen LogP contribution is 2.27. The molecule has 10 heteroatoms. The number of non-ortho nitro benzene ring substituents is 1. The van der Waals surface area contributed by atoms with Gasteiger partial charge in [0.25, 0.3) is 11.6 Å². The van der Waals surface area contributed by atoms with Gasteiger partial charge in [0.05, 0.1) is 31.1 Å². The fourth-order valence-corrected chi connectivity index (χ4v) is 2.85. The number of nitrogens with zero attached hydrogens (tertiary/aromatic N) is 1. The van der Waals surface area contributed by atoms with E-state index in [1.54, 1.807) is 0 Å². The Morgan fingerprint density at radius 3 is 2.23 bits per heavy atom. The number of nitrogens with one attached hydrogen (secondary N) is 1. The van der Waals surface area contributed by atoms with Gasteiger partial charge in [-0.25, -0.2) is 9.18 Å². The quantitative estimate of drug-likeness (QED) is 0.396. The predicted octanol–water partition coefficient (Wildman–Crippen LogP) is 2.35. The van der Waals surface area contributed by atoms with Crippen molar-refractivity contribution in [2.45, 2.75) is 18.4 Å². The summed E-state index contributed by atoms with van der Waals surface area (Å²) < 4.78 is 23.4. The summed E-state index contributed by atoms with van der Waals surface area (Å²) in [4.78, 5) is 47.2. The third-order valence-corrected chi connectivity index (χ3v) is 4.41. The van der Waals surface area contributed by atoms with Crippen LogP contribution < -0.4 is 5.32 Å². The summed E-state index contributed by atoms with van der Waals surface area (Å²) in [6, 6.07) is 8.91. The molecule has 0 fully saturated rings. The lowest BCUT2D eigenvalue weighted by molar-refractivity contribution is -0.384. The van der Waals surface area contributed by atoms with E-state index >= 15 is 0 Å². The molecule has 9 nitrogen and oxygen atoms in total. The maximum atomic E-state index is 14.0. The standard InChI is InChI=1S/C20H19FN2O7/c1-29-17(24)11-15(12-7-9-13(10-8-12)23(27)28)18(20(26)30-2)22-19(25)14-5-3-4-6-16(14)21/h3-10,15,18H,11H2,1-2H3,(H,22,25)/t15-,18-/m1/s1. The van der Waals surface area contributed by atoms with Crippen molar-refractivity contribution in [3.63, 3.8) is 0 Å². The highest BCUT2D eigenvalue weighted by atomic mass is 19.1. The van der Waals surface area contributed by atoms with Gasteiger partial charge in [-0.1, -0.05) is 24.3 Å². The van der Waals surface area contributed by atoms with Crippen LogP contribution in [0.4, 0.5) is 10.1 Å². The first kappa shape index (κ1) is 22.5. The zero-order chi connectivity index (χ0) is 22.3. The summed E-state index contributed by atoms with van der Waals surface area (Å²) in [6.45, 7) is 0. The Bertz CT molecular complexity index is 946. The van der Waals surface area contributed by atoms with E-state index in [2.05, 4.69) is 10.1 Å². The topological polar surface area (TPSA) is 125 Å². The number of amides is 1. The fourth-order valence-electron chi connectivity index (χ4n) is 2.85. The molecule has 2 rings (SSSR count). The number of ether oxygens (including phenoxy) is 2. The van der Waals surface area contributed by atoms with E-state index in [0.717, 1.165) is 20.3 Å². The average Bonchev–Trinajstić information content (AvgIpc) is 2.75. The number of benzene rings is 2. The molecule has 0 saturated heterocycles. The number of carbonyl (C=O) groups is 3. The second-order valence-electron chi connectivity index (χ2n) is 6.19. The molecule has 0 heterocycles. The fraction of sp³-hybridized carbons (Fsp3) is 0.250. The Labute approximate surface area is 170 Å². The maximum Gasteiger partial charge on any atom is 0.329 e. The maximum absolute atomic E-state index is 14.0. The number of halogens is 1. The number of rotatable bonds is 8. The van der Waals surface area contributed by atoms with Crippen LogP contribution in [0.2, 0.25) is 0 Å². The van der Waals surface area contributed by atoms with E-state index < -0.39 is 40.5 Å². The van der Waals surface area contributed by atoms with E-state index in [9.17, 15) is 28.9 Å². The number of nitro groups is 1. The molecule has 0 aromatic heterocycles. The minimum atomic E-state index is -1.39. The van der Waals surface area contributed by atoms with Gasteiger partial charge in [-0.2, -0.15) is 0 Å². The SMILES string of the molecule is COC(=O)C[C@H](c1ccc([N+](=O)[O-])cc1)[C@@H](NC(=O)c1ccccc1F)C(=O)OC. The van der Waals surface area contributed by atoms with Gasteiger partial charge in [0.15, 0.2) is 0 Å². The van der Waals surface area contributed by atoms with Crippen molar-refractivity contribution in [2.24, 2.45) is 0 Å². The van der Waals surface area contributed by atoms with Gasteiger partial charge in [0.1, 0.15) is 11.9 Å². The van der Waals surface area contributed by atoms with Crippen LogP contribution in [0, 0.1) is 15.9 Å². The summed E-state index contributed by atoms with van der Waals surface area (Å²) in [5.74, 6) is -4.24. The van der Waals surface area contributed by atoms with Gasteiger partial charge in [0.2, 0.25) is 0 Å². The second kappa shape index (κ2) is 10.1. The van der Waals surface area contributed by atoms with Crippen LogP contribution in [0.25, 0.3) is 0 Å². The smallest absolute Gasteiger partial charge is 0.329 e. The molecule has 2 aromatic rings. The average molecular weight is 418 g/mol. The van der Waals surface area contributed by atoms with Crippen molar-refractivity contribution in [3.05, 3.63) is 75.6 Å². The van der Waals surface area contributed by atoms with Crippen molar-refractivity contribution < 1.29 is 33.2 Å². The molecule has 2 atom stereocenters. The molecule has 1 N–H and O–H groups in total. The minimum Gasteiger partial charge on any atom is -0.469 e. The highest BCUT2D eigenvalue weighted by molar-refractivity contribution is 5.97. The van der Waals surface area contributed by atoms with E-state index in [4.69, 9.17) is 4.74 Å². The molecule has 0 aliphatic heterocycles. The van der Waals surface area contributed by atoms with Gasteiger partial charge in [-0.15, -0.1) is 0 Å². The van der Waals surface area contributed by atoms with E-state index in [1.807, 2.05) is 0 Å². The lowest BCUT2D eigenvalue weighted by Crippen LogP contribution is -2.46. The molecule has 30 heavy (non-hydrogen) atoms. The molecule has 0 aliphatic carbocycles. The Kier molecular flexibility index (Phi) is 7.56. The summed E-state index contributed by atoms with van der Waals surface area (Å²) in [7, 11) is 2.25. The minimum absolute atomic E-state index is 0.194. The van der Waals surface area contributed by atoms with Crippen molar-refractivity contribution in [3.8, 4) is 0 Å². The van der Waals surface area contributed by atoms with E-state index in [0.29, 0.717) is 5.56 Å².